The van der Waals surface area contributed by atoms with Crippen LogP contribution < -0.4 is 0 Å². The SMILES string of the molecule is O[C@H]1CCC[C@@H]1Sc1cccc(Br)c1. The summed E-state index contributed by atoms with van der Waals surface area (Å²) in [5.74, 6) is 0. The average molecular weight is 273 g/mol. The normalized spacial score (nSPS) is 26.7. The van der Waals surface area contributed by atoms with Crippen LogP contribution in [0.1, 0.15) is 19.3 Å². The molecule has 1 saturated carbocycles. The Morgan fingerprint density at radius 2 is 2.21 bits per heavy atom. The van der Waals surface area contributed by atoms with Crippen LogP contribution in [0.25, 0.3) is 0 Å². The number of rotatable bonds is 2. The molecule has 14 heavy (non-hydrogen) atoms. The summed E-state index contributed by atoms with van der Waals surface area (Å²) in [5.41, 5.74) is 0. The fourth-order valence-corrected chi connectivity index (χ4v) is 3.59. The average Bonchev–Trinajstić information content (AvgIpc) is 2.52. The highest BCUT2D eigenvalue weighted by molar-refractivity contribution is 9.10. The maximum Gasteiger partial charge on any atom is 0.0662 e. The van der Waals surface area contributed by atoms with E-state index in [1.165, 1.54) is 4.90 Å². The predicted molar refractivity (Wildman–Crippen MR) is 63.6 cm³/mol. The summed E-state index contributed by atoms with van der Waals surface area (Å²) < 4.78 is 1.11. The van der Waals surface area contributed by atoms with Crippen molar-refractivity contribution in [1.82, 2.24) is 0 Å². The molecule has 1 aromatic rings. The van der Waals surface area contributed by atoms with Crippen LogP contribution in [0.2, 0.25) is 0 Å². The lowest BCUT2D eigenvalue weighted by atomic mass is 10.3. The van der Waals surface area contributed by atoms with Gasteiger partial charge in [0.1, 0.15) is 0 Å². The van der Waals surface area contributed by atoms with Gasteiger partial charge in [-0.3, -0.25) is 0 Å². The van der Waals surface area contributed by atoms with Gasteiger partial charge in [-0.25, -0.2) is 0 Å². The quantitative estimate of drug-likeness (QED) is 0.890. The van der Waals surface area contributed by atoms with Crippen LogP contribution in [-0.4, -0.2) is 16.5 Å². The minimum Gasteiger partial charge on any atom is -0.392 e. The van der Waals surface area contributed by atoms with Crippen LogP contribution >= 0.6 is 27.7 Å². The second-order valence-corrected chi connectivity index (χ2v) is 5.84. The van der Waals surface area contributed by atoms with Gasteiger partial charge in [-0.05, 0) is 37.5 Å². The van der Waals surface area contributed by atoms with Crippen molar-refractivity contribution >= 4 is 27.7 Å². The summed E-state index contributed by atoms with van der Waals surface area (Å²) in [4.78, 5) is 1.24. The van der Waals surface area contributed by atoms with Gasteiger partial charge in [-0.2, -0.15) is 0 Å². The molecular weight excluding hydrogens is 260 g/mol. The number of aliphatic hydroxyl groups is 1. The highest BCUT2D eigenvalue weighted by Gasteiger charge is 2.25. The van der Waals surface area contributed by atoms with E-state index in [2.05, 4.69) is 28.1 Å². The summed E-state index contributed by atoms with van der Waals surface area (Å²) in [6.45, 7) is 0. The Kier molecular flexibility index (Phi) is 3.52. The lowest BCUT2D eigenvalue weighted by Gasteiger charge is -2.13. The van der Waals surface area contributed by atoms with Crippen molar-refractivity contribution in [2.75, 3.05) is 0 Å². The summed E-state index contributed by atoms with van der Waals surface area (Å²) in [6, 6.07) is 8.26. The molecule has 0 bridgehead atoms. The first-order valence-electron chi connectivity index (χ1n) is 4.86. The summed E-state index contributed by atoms with van der Waals surface area (Å²) in [6.07, 6.45) is 3.15. The van der Waals surface area contributed by atoms with Crippen molar-refractivity contribution in [2.24, 2.45) is 0 Å². The second kappa shape index (κ2) is 4.69. The lowest BCUT2D eigenvalue weighted by molar-refractivity contribution is 0.188. The zero-order valence-electron chi connectivity index (χ0n) is 7.82. The van der Waals surface area contributed by atoms with Crippen LogP contribution in [0.4, 0.5) is 0 Å². The predicted octanol–water partition coefficient (Wildman–Crippen LogP) is 3.45. The molecule has 2 rings (SSSR count). The Morgan fingerprint density at radius 3 is 2.86 bits per heavy atom. The largest absolute Gasteiger partial charge is 0.392 e. The van der Waals surface area contributed by atoms with Crippen molar-refractivity contribution in [1.29, 1.82) is 0 Å². The monoisotopic (exact) mass is 272 g/mol. The lowest BCUT2D eigenvalue weighted by Crippen LogP contribution is -2.14. The highest BCUT2D eigenvalue weighted by Crippen LogP contribution is 2.35. The van der Waals surface area contributed by atoms with Crippen LogP contribution in [0.5, 0.6) is 0 Å². The molecule has 1 aliphatic carbocycles. The van der Waals surface area contributed by atoms with Gasteiger partial charge in [0.2, 0.25) is 0 Å². The van der Waals surface area contributed by atoms with Crippen molar-refractivity contribution in [3.63, 3.8) is 0 Å². The van der Waals surface area contributed by atoms with Crippen molar-refractivity contribution in [3.8, 4) is 0 Å². The molecule has 1 fully saturated rings. The van der Waals surface area contributed by atoms with Gasteiger partial charge in [-0.1, -0.05) is 22.0 Å². The number of halogens is 1. The molecular formula is C11H13BrOS. The molecule has 1 aromatic carbocycles. The zero-order chi connectivity index (χ0) is 9.97. The van der Waals surface area contributed by atoms with Crippen LogP contribution in [0.3, 0.4) is 0 Å². The molecule has 0 radical (unpaired) electrons. The van der Waals surface area contributed by atoms with Gasteiger partial charge in [0, 0.05) is 14.6 Å². The maximum absolute atomic E-state index is 9.69. The minimum atomic E-state index is -0.112. The van der Waals surface area contributed by atoms with E-state index in [1.54, 1.807) is 11.8 Å². The first kappa shape index (κ1) is 10.5. The number of hydrogen-bond donors (Lipinski definition) is 1. The Bertz CT molecular complexity index is 316. The molecule has 0 aliphatic heterocycles. The zero-order valence-corrected chi connectivity index (χ0v) is 10.2. The van der Waals surface area contributed by atoms with Gasteiger partial charge in [0.25, 0.3) is 0 Å². The summed E-state index contributed by atoms with van der Waals surface area (Å²) >= 11 is 5.24. The first-order valence-corrected chi connectivity index (χ1v) is 6.53. The van der Waals surface area contributed by atoms with Crippen molar-refractivity contribution in [2.45, 2.75) is 35.5 Å². The third-order valence-corrected chi connectivity index (χ3v) is 4.37. The fraction of sp³-hybridized carbons (Fsp3) is 0.455. The van der Waals surface area contributed by atoms with E-state index < -0.39 is 0 Å². The molecule has 0 spiro atoms. The molecule has 1 aliphatic rings. The number of aliphatic hydroxyl groups excluding tert-OH is 1. The topological polar surface area (TPSA) is 20.2 Å². The second-order valence-electron chi connectivity index (χ2n) is 3.61. The maximum atomic E-state index is 9.69. The van der Waals surface area contributed by atoms with Gasteiger partial charge in [0.05, 0.1) is 6.10 Å². The summed E-state index contributed by atoms with van der Waals surface area (Å²) in [7, 11) is 0. The summed E-state index contributed by atoms with van der Waals surface area (Å²) in [5, 5.41) is 10.1. The standard InChI is InChI=1S/C11H13BrOS/c12-8-3-1-4-9(7-8)14-11-6-2-5-10(11)13/h1,3-4,7,10-11,13H,2,5-6H2/t10-,11-/m0/s1. The molecule has 0 saturated heterocycles. The van der Waals surface area contributed by atoms with E-state index in [-0.39, 0.29) is 6.10 Å². The molecule has 0 aromatic heterocycles. The van der Waals surface area contributed by atoms with Gasteiger partial charge < -0.3 is 5.11 Å². The van der Waals surface area contributed by atoms with Gasteiger partial charge in [-0.15, -0.1) is 11.8 Å². The van der Waals surface area contributed by atoms with Crippen molar-refractivity contribution < 1.29 is 5.11 Å². The van der Waals surface area contributed by atoms with E-state index in [0.29, 0.717) is 5.25 Å². The van der Waals surface area contributed by atoms with Gasteiger partial charge in [0.15, 0.2) is 0 Å². The van der Waals surface area contributed by atoms with E-state index >= 15 is 0 Å². The fourth-order valence-electron chi connectivity index (χ4n) is 1.76. The minimum absolute atomic E-state index is 0.112. The number of benzene rings is 1. The third-order valence-electron chi connectivity index (χ3n) is 2.50. The van der Waals surface area contributed by atoms with Crippen molar-refractivity contribution in [3.05, 3.63) is 28.7 Å². The number of thioether (sulfide) groups is 1. The molecule has 1 N–H and O–H groups in total. The van der Waals surface area contributed by atoms with E-state index in [1.807, 2.05) is 12.1 Å². The Morgan fingerprint density at radius 1 is 1.36 bits per heavy atom. The molecule has 0 unspecified atom stereocenters. The van der Waals surface area contributed by atoms with E-state index in [4.69, 9.17) is 0 Å². The Labute approximate surface area is 97.0 Å². The van der Waals surface area contributed by atoms with Gasteiger partial charge >= 0.3 is 0 Å². The smallest absolute Gasteiger partial charge is 0.0662 e. The highest BCUT2D eigenvalue weighted by atomic mass is 79.9. The van der Waals surface area contributed by atoms with Crippen LogP contribution in [0.15, 0.2) is 33.6 Å². The molecule has 0 amide bonds. The molecule has 2 atom stereocenters. The van der Waals surface area contributed by atoms with Crippen LogP contribution in [0, 0.1) is 0 Å². The van der Waals surface area contributed by atoms with E-state index in [9.17, 15) is 5.11 Å². The first-order chi connectivity index (χ1) is 6.75. The Hall–Kier alpha value is 0.01000. The molecule has 0 heterocycles. The Balaban J connectivity index is 2.03. The van der Waals surface area contributed by atoms with E-state index in [0.717, 1.165) is 23.7 Å². The third kappa shape index (κ3) is 2.53. The molecule has 1 nitrogen and oxygen atoms in total. The number of hydrogen-bond acceptors (Lipinski definition) is 2. The molecule has 3 heteroatoms. The van der Waals surface area contributed by atoms with Crippen LogP contribution in [-0.2, 0) is 0 Å². The molecule has 76 valence electrons.